The zero-order valence-corrected chi connectivity index (χ0v) is 18.1. The van der Waals surface area contributed by atoms with E-state index in [-0.39, 0.29) is 17.6 Å². The van der Waals surface area contributed by atoms with Crippen molar-refractivity contribution in [1.29, 1.82) is 5.41 Å². The Morgan fingerprint density at radius 2 is 2.03 bits per heavy atom. The van der Waals surface area contributed by atoms with Gasteiger partial charge in [0.15, 0.2) is 5.84 Å². The first-order valence-corrected chi connectivity index (χ1v) is 10.6. The van der Waals surface area contributed by atoms with E-state index >= 15 is 0 Å². The molecular formula is C24H26FN6O+. The Labute approximate surface area is 185 Å². The lowest BCUT2D eigenvalue weighted by atomic mass is 10.2. The van der Waals surface area contributed by atoms with E-state index in [1.807, 2.05) is 42.0 Å². The Morgan fingerprint density at radius 1 is 1.19 bits per heavy atom. The number of amidine groups is 1. The average molecular weight is 434 g/mol. The molecule has 0 aliphatic carbocycles. The number of nitrogens with one attached hydrogen (secondary N) is 1. The fourth-order valence-corrected chi connectivity index (χ4v) is 3.67. The first kappa shape index (κ1) is 21.4. The van der Waals surface area contributed by atoms with Crippen LogP contribution in [0, 0.1) is 11.2 Å². The van der Waals surface area contributed by atoms with Crippen molar-refractivity contribution in [2.45, 2.75) is 39.8 Å². The molecule has 0 aliphatic heterocycles. The summed E-state index contributed by atoms with van der Waals surface area (Å²) < 4.78 is 17.8. The molecule has 0 amide bonds. The maximum Gasteiger partial charge on any atom is 0.332 e. The van der Waals surface area contributed by atoms with E-state index in [9.17, 15) is 4.39 Å². The molecular weight excluding hydrogens is 407 g/mol. The van der Waals surface area contributed by atoms with E-state index in [0.29, 0.717) is 29.9 Å². The lowest BCUT2D eigenvalue weighted by Gasteiger charge is -2.11. The summed E-state index contributed by atoms with van der Waals surface area (Å²) >= 11 is 0. The summed E-state index contributed by atoms with van der Waals surface area (Å²) in [6.45, 7) is 5.21. The lowest BCUT2D eigenvalue weighted by Crippen LogP contribution is -2.09. The number of rotatable bonds is 7. The molecule has 0 bridgehead atoms. The number of aliphatic imine (C=N–C) groups is 1. The molecule has 164 valence electrons. The number of fused-ring (bicyclic) bond motifs is 1. The molecule has 0 spiro atoms. The summed E-state index contributed by atoms with van der Waals surface area (Å²) in [5.41, 5.74) is 3.13. The fourth-order valence-electron chi connectivity index (χ4n) is 3.67. The van der Waals surface area contributed by atoms with E-state index in [0.717, 1.165) is 29.8 Å². The van der Waals surface area contributed by atoms with Crippen molar-refractivity contribution in [3.63, 3.8) is 0 Å². The molecule has 2 aromatic heterocycles. The SMILES string of the molecule is CCCn1c(Cn2ccnc2-c2cccc(F)c2)nc2ccc(C(=N)N=C([OH2+])CC)cc21. The van der Waals surface area contributed by atoms with Gasteiger partial charge in [0.2, 0.25) is 0 Å². The molecule has 8 heteroatoms. The number of benzene rings is 2. The van der Waals surface area contributed by atoms with Gasteiger partial charge in [0.05, 0.1) is 24.0 Å². The van der Waals surface area contributed by atoms with Crippen LogP contribution in [0.15, 0.2) is 59.9 Å². The predicted octanol–water partition coefficient (Wildman–Crippen LogP) is 4.36. The number of aryl methyl sites for hydroxylation is 1. The van der Waals surface area contributed by atoms with Crippen LogP contribution < -0.4 is 0 Å². The van der Waals surface area contributed by atoms with Gasteiger partial charge in [0.25, 0.3) is 0 Å². The van der Waals surface area contributed by atoms with Crippen molar-refractivity contribution in [2.75, 3.05) is 0 Å². The maximum atomic E-state index is 13.7. The standard InChI is InChI=1S/C24H25FN6O/c1-3-11-31-20-14-16(23(26)29-22(32)4-2)8-9-19(20)28-21(31)15-30-12-10-27-24(30)17-6-5-7-18(25)13-17/h5-10,12-14H,3-4,11,15H2,1-2H3,(H2,26,29,32)/p+1. The second-order valence-electron chi connectivity index (χ2n) is 7.53. The van der Waals surface area contributed by atoms with Crippen molar-refractivity contribution in [3.8, 4) is 11.4 Å². The van der Waals surface area contributed by atoms with Crippen LogP contribution in [0.4, 0.5) is 4.39 Å². The van der Waals surface area contributed by atoms with Crippen LogP contribution in [-0.4, -0.2) is 35.9 Å². The Kier molecular flexibility index (Phi) is 6.11. The first-order chi connectivity index (χ1) is 15.5. The Morgan fingerprint density at radius 3 is 2.78 bits per heavy atom. The quantitative estimate of drug-likeness (QED) is 0.266. The number of halogens is 1. The number of nitrogens with zero attached hydrogens (tertiary/aromatic N) is 5. The lowest BCUT2D eigenvalue weighted by molar-refractivity contribution is 0.537. The topological polar surface area (TPSA) is 94.8 Å². The molecule has 0 unspecified atom stereocenters. The summed E-state index contributed by atoms with van der Waals surface area (Å²) in [6, 6.07) is 12.0. The van der Waals surface area contributed by atoms with E-state index in [4.69, 9.17) is 15.5 Å². The number of imidazole rings is 2. The van der Waals surface area contributed by atoms with Crippen molar-refractivity contribution in [2.24, 2.45) is 4.99 Å². The van der Waals surface area contributed by atoms with E-state index in [1.165, 1.54) is 12.1 Å². The Balaban J connectivity index is 1.73. The van der Waals surface area contributed by atoms with Gasteiger partial charge in [-0.2, -0.15) is 4.99 Å². The molecule has 0 radical (unpaired) electrons. The van der Waals surface area contributed by atoms with Gasteiger partial charge in [-0.3, -0.25) is 5.41 Å². The molecule has 2 heterocycles. The van der Waals surface area contributed by atoms with Gasteiger partial charge in [0, 0.05) is 30.1 Å². The van der Waals surface area contributed by atoms with Crippen LogP contribution in [0.2, 0.25) is 0 Å². The molecule has 3 N–H and O–H groups in total. The normalized spacial score (nSPS) is 11.9. The summed E-state index contributed by atoms with van der Waals surface area (Å²) in [5, 5.41) is 16.0. The zero-order chi connectivity index (χ0) is 22.7. The molecule has 7 nitrogen and oxygen atoms in total. The smallest absolute Gasteiger partial charge is 0.332 e. The third kappa shape index (κ3) is 4.30. The van der Waals surface area contributed by atoms with Gasteiger partial charge in [-0.1, -0.05) is 26.0 Å². The third-order valence-corrected chi connectivity index (χ3v) is 5.24. The molecule has 0 aliphatic rings. The predicted molar refractivity (Wildman–Crippen MR) is 125 cm³/mol. The molecule has 2 aromatic carbocycles. The average Bonchev–Trinajstić information content (AvgIpc) is 3.38. The molecule has 0 fully saturated rings. The zero-order valence-electron chi connectivity index (χ0n) is 18.1. The Bertz CT molecular complexity index is 1300. The highest BCUT2D eigenvalue weighted by atomic mass is 19.1. The van der Waals surface area contributed by atoms with Gasteiger partial charge in [-0.05, 0) is 36.8 Å². The third-order valence-electron chi connectivity index (χ3n) is 5.24. The van der Waals surface area contributed by atoms with Crippen LogP contribution >= 0.6 is 0 Å². The van der Waals surface area contributed by atoms with E-state index < -0.39 is 0 Å². The van der Waals surface area contributed by atoms with Gasteiger partial charge in [-0.15, -0.1) is 0 Å². The second-order valence-corrected chi connectivity index (χ2v) is 7.53. The largest absolute Gasteiger partial charge is 0.582 e. The van der Waals surface area contributed by atoms with Gasteiger partial charge in [-0.25, -0.2) is 14.4 Å². The van der Waals surface area contributed by atoms with Crippen LogP contribution in [0.1, 0.15) is 38.1 Å². The first-order valence-electron chi connectivity index (χ1n) is 10.6. The molecule has 0 saturated carbocycles. The summed E-state index contributed by atoms with van der Waals surface area (Å²) in [5.74, 6) is 1.50. The van der Waals surface area contributed by atoms with Crippen molar-refractivity contribution in [3.05, 3.63) is 72.1 Å². The van der Waals surface area contributed by atoms with Crippen LogP contribution in [0.25, 0.3) is 22.4 Å². The van der Waals surface area contributed by atoms with Crippen LogP contribution in [-0.2, 0) is 13.1 Å². The minimum absolute atomic E-state index is 0.0764. The summed E-state index contributed by atoms with van der Waals surface area (Å²) in [6.07, 6.45) is 4.98. The molecule has 32 heavy (non-hydrogen) atoms. The second kappa shape index (κ2) is 9.13. The molecule has 0 saturated heterocycles. The molecule has 0 atom stereocenters. The summed E-state index contributed by atoms with van der Waals surface area (Å²) in [4.78, 5) is 13.3. The van der Waals surface area contributed by atoms with Crippen LogP contribution in [0.3, 0.4) is 0 Å². The van der Waals surface area contributed by atoms with Crippen LogP contribution in [0.5, 0.6) is 0 Å². The van der Waals surface area contributed by atoms with Gasteiger partial charge < -0.3 is 14.2 Å². The minimum Gasteiger partial charge on any atom is -0.582 e. The van der Waals surface area contributed by atoms with E-state index in [2.05, 4.69) is 21.5 Å². The highest BCUT2D eigenvalue weighted by Crippen LogP contribution is 2.23. The Hall–Kier alpha value is -3.81. The number of aromatic nitrogens is 4. The summed E-state index contributed by atoms with van der Waals surface area (Å²) in [7, 11) is 0. The maximum absolute atomic E-state index is 13.7. The van der Waals surface area contributed by atoms with Crippen molar-refractivity contribution in [1.82, 2.24) is 19.1 Å². The number of hydrogen-bond donors (Lipinski definition) is 1. The number of hydrogen-bond acceptors (Lipinski definition) is 3. The fraction of sp³-hybridized carbons (Fsp3) is 0.250. The van der Waals surface area contributed by atoms with Gasteiger partial charge in [0.1, 0.15) is 17.5 Å². The van der Waals surface area contributed by atoms with E-state index in [1.54, 1.807) is 12.3 Å². The van der Waals surface area contributed by atoms with Gasteiger partial charge >= 0.3 is 5.90 Å². The van der Waals surface area contributed by atoms with Crippen molar-refractivity contribution >= 4 is 22.8 Å². The molecule has 4 aromatic rings. The van der Waals surface area contributed by atoms with Crippen molar-refractivity contribution < 1.29 is 9.50 Å². The molecule has 4 rings (SSSR count). The highest BCUT2D eigenvalue weighted by Gasteiger charge is 2.15. The monoisotopic (exact) mass is 433 g/mol. The highest BCUT2D eigenvalue weighted by molar-refractivity contribution is 6.04. The minimum atomic E-state index is -0.299.